The molecule has 0 radical (unpaired) electrons. The molecule has 0 saturated carbocycles. The Kier molecular flexibility index (Phi) is 4.73. The molecule has 0 bridgehead atoms. The van der Waals surface area contributed by atoms with E-state index in [9.17, 15) is 0 Å². The summed E-state index contributed by atoms with van der Waals surface area (Å²) in [5, 5.41) is 6.87. The van der Waals surface area contributed by atoms with Gasteiger partial charge >= 0.3 is 0 Å². The van der Waals surface area contributed by atoms with Crippen molar-refractivity contribution in [3.8, 4) is 0 Å². The fraction of sp³-hybridized carbons (Fsp3) is 0.500. The van der Waals surface area contributed by atoms with Gasteiger partial charge in [0.25, 0.3) is 0 Å². The lowest BCUT2D eigenvalue weighted by Gasteiger charge is -2.08. The minimum Gasteiger partial charge on any atom is -0.345 e. The summed E-state index contributed by atoms with van der Waals surface area (Å²) < 4.78 is 0. The van der Waals surface area contributed by atoms with Crippen molar-refractivity contribution in [3.63, 3.8) is 0 Å². The summed E-state index contributed by atoms with van der Waals surface area (Å²) in [5.41, 5.74) is 3.43. The van der Waals surface area contributed by atoms with Gasteiger partial charge in [0.1, 0.15) is 0 Å². The number of hydrogen-bond donors (Lipinski definition) is 3. The second-order valence-corrected chi connectivity index (χ2v) is 4.89. The number of H-pyrrole nitrogens is 1. The van der Waals surface area contributed by atoms with Crippen LogP contribution in [0.4, 0.5) is 0 Å². The van der Waals surface area contributed by atoms with Gasteiger partial charge < -0.3 is 15.6 Å². The molecule has 2 aromatic rings. The number of nitrogens with zero attached hydrogens (tertiary/aromatic N) is 1. The molecule has 2 rings (SSSR count). The van der Waals surface area contributed by atoms with Crippen LogP contribution < -0.4 is 10.6 Å². The maximum Gasteiger partial charge on any atom is 0.0931 e. The van der Waals surface area contributed by atoms with Crippen molar-refractivity contribution in [2.45, 2.75) is 32.9 Å². The highest BCUT2D eigenvalue weighted by Crippen LogP contribution is 2.11. The van der Waals surface area contributed by atoms with Crippen LogP contribution in [0.5, 0.6) is 0 Å². The molecule has 0 aliphatic rings. The zero-order chi connectivity index (χ0) is 12.8. The van der Waals surface area contributed by atoms with Gasteiger partial charge in [0.15, 0.2) is 0 Å². The van der Waals surface area contributed by atoms with Crippen LogP contribution >= 0.6 is 0 Å². The Labute approximate surface area is 108 Å². The molecule has 0 aliphatic carbocycles. The highest BCUT2D eigenvalue weighted by molar-refractivity contribution is 5.74. The number of benzene rings is 1. The first-order chi connectivity index (χ1) is 8.75. The Morgan fingerprint density at radius 2 is 2.17 bits per heavy atom. The third-order valence-electron chi connectivity index (χ3n) is 2.90. The molecule has 1 aromatic carbocycles. The second-order valence-electron chi connectivity index (χ2n) is 4.89. The molecule has 4 nitrogen and oxygen atoms in total. The van der Waals surface area contributed by atoms with Crippen LogP contribution in [0.15, 0.2) is 24.5 Å². The molecule has 1 heterocycles. The summed E-state index contributed by atoms with van der Waals surface area (Å²) in [6.45, 7) is 7.38. The molecule has 0 atom stereocenters. The summed E-state index contributed by atoms with van der Waals surface area (Å²) in [6, 6.07) is 6.92. The Hall–Kier alpha value is -1.39. The number of hydrogen-bond acceptors (Lipinski definition) is 3. The lowest BCUT2D eigenvalue weighted by atomic mass is 10.2. The summed E-state index contributed by atoms with van der Waals surface area (Å²) in [4.78, 5) is 7.35. The molecule has 1 aromatic heterocycles. The molecule has 18 heavy (non-hydrogen) atoms. The highest BCUT2D eigenvalue weighted by atomic mass is 14.9. The van der Waals surface area contributed by atoms with Crippen molar-refractivity contribution in [1.82, 2.24) is 20.6 Å². The van der Waals surface area contributed by atoms with Crippen LogP contribution in [0.1, 0.15) is 25.8 Å². The zero-order valence-electron chi connectivity index (χ0n) is 11.2. The molecular formula is C14H22N4. The molecule has 0 amide bonds. The summed E-state index contributed by atoms with van der Waals surface area (Å²) in [5.74, 6) is 0. The average Bonchev–Trinajstić information content (AvgIpc) is 2.80. The van der Waals surface area contributed by atoms with Gasteiger partial charge in [0, 0.05) is 12.6 Å². The van der Waals surface area contributed by atoms with E-state index in [1.165, 1.54) is 5.56 Å². The molecule has 3 N–H and O–H groups in total. The number of aromatic amines is 1. The third kappa shape index (κ3) is 3.82. The van der Waals surface area contributed by atoms with Crippen LogP contribution in [-0.2, 0) is 6.54 Å². The smallest absolute Gasteiger partial charge is 0.0931 e. The zero-order valence-corrected chi connectivity index (χ0v) is 11.2. The molecule has 98 valence electrons. The minimum atomic E-state index is 0.577. The minimum absolute atomic E-state index is 0.577. The topological polar surface area (TPSA) is 52.7 Å². The van der Waals surface area contributed by atoms with Gasteiger partial charge in [-0.05, 0) is 37.2 Å². The standard InChI is InChI=1S/C14H22N4/c1-11(2)16-7-3-6-15-9-12-4-5-13-14(8-12)18-10-17-13/h4-5,8,10-11,15-16H,3,6-7,9H2,1-2H3,(H,17,18). The number of imidazole rings is 1. The predicted octanol–water partition coefficient (Wildman–Crippen LogP) is 2.04. The maximum absolute atomic E-state index is 4.21. The Morgan fingerprint density at radius 3 is 3.00 bits per heavy atom. The van der Waals surface area contributed by atoms with E-state index in [0.29, 0.717) is 6.04 Å². The lowest BCUT2D eigenvalue weighted by Crippen LogP contribution is -2.26. The van der Waals surface area contributed by atoms with E-state index >= 15 is 0 Å². The predicted molar refractivity (Wildman–Crippen MR) is 75.6 cm³/mol. The van der Waals surface area contributed by atoms with E-state index in [0.717, 1.165) is 37.1 Å². The van der Waals surface area contributed by atoms with E-state index in [4.69, 9.17) is 0 Å². The van der Waals surface area contributed by atoms with Crippen molar-refractivity contribution in [2.75, 3.05) is 13.1 Å². The van der Waals surface area contributed by atoms with Gasteiger partial charge in [-0.15, -0.1) is 0 Å². The lowest BCUT2D eigenvalue weighted by molar-refractivity contribution is 0.547. The monoisotopic (exact) mass is 246 g/mol. The molecule has 0 fully saturated rings. The Bertz CT molecular complexity index is 475. The fourth-order valence-corrected chi connectivity index (χ4v) is 1.93. The highest BCUT2D eigenvalue weighted by Gasteiger charge is 1.98. The van der Waals surface area contributed by atoms with Crippen LogP contribution in [-0.4, -0.2) is 29.1 Å². The van der Waals surface area contributed by atoms with E-state index in [2.05, 4.69) is 52.6 Å². The maximum atomic E-state index is 4.21. The van der Waals surface area contributed by atoms with Crippen LogP contribution in [0.3, 0.4) is 0 Å². The number of rotatable bonds is 7. The van der Waals surface area contributed by atoms with Crippen LogP contribution in [0.25, 0.3) is 11.0 Å². The average molecular weight is 246 g/mol. The van der Waals surface area contributed by atoms with E-state index in [-0.39, 0.29) is 0 Å². The molecule has 0 spiro atoms. The van der Waals surface area contributed by atoms with E-state index in [1.54, 1.807) is 6.33 Å². The summed E-state index contributed by atoms with van der Waals surface area (Å²) in [6.07, 6.45) is 2.89. The number of fused-ring (bicyclic) bond motifs is 1. The molecule has 4 heteroatoms. The fourth-order valence-electron chi connectivity index (χ4n) is 1.93. The van der Waals surface area contributed by atoms with Crippen molar-refractivity contribution >= 4 is 11.0 Å². The molecular weight excluding hydrogens is 224 g/mol. The molecule has 0 unspecified atom stereocenters. The quantitative estimate of drug-likeness (QED) is 0.655. The van der Waals surface area contributed by atoms with Gasteiger partial charge in [-0.1, -0.05) is 19.9 Å². The summed E-state index contributed by atoms with van der Waals surface area (Å²) in [7, 11) is 0. The van der Waals surface area contributed by atoms with Gasteiger partial charge in [0.05, 0.1) is 17.4 Å². The Balaban J connectivity index is 1.70. The van der Waals surface area contributed by atoms with Crippen LogP contribution in [0, 0.1) is 0 Å². The first kappa shape index (κ1) is 13.1. The van der Waals surface area contributed by atoms with Crippen molar-refractivity contribution in [2.24, 2.45) is 0 Å². The van der Waals surface area contributed by atoms with Crippen molar-refractivity contribution in [3.05, 3.63) is 30.1 Å². The SMILES string of the molecule is CC(C)NCCCNCc1ccc2nc[nH]c2c1. The normalized spacial score (nSPS) is 11.5. The second kappa shape index (κ2) is 6.52. The van der Waals surface area contributed by atoms with E-state index < -0.39 is 0 Å². The number of aromatic nitrogens is 2. The molecule has 0 saturated heterocycles. The first-order valence-corrected chi connectivity index (χ1v) is 6.62. The van der Waals surface area contributed by atoms with Crippen molar-refractivity contribution < 1.29 is 0 Å². The van der Waals surface area contributed by atoms with Gasteiger partial charge in [-0.3, -0.25) is 0 Å². The van der Waals surface area contributed by atoms with Crippen LogP contribution in [0.2, 0.25) is 0 Å². The van der Waals surface area contributed by atoms with Gasteiger partial charge in [-0.25, -0.2) is 4.98 Å². The largest absolute Gasteiger partial charge is 0.345 e. The van der Waals surface area contributed by atoms with Gasteiger partial charge in [0.2, 0.25) is 0 Å². The first-order valence-electron chi connectivity index (χ1n) is 6.62. The number of nitrogens with one attached hydrogen (secondary N) is 3. The summed E-state index contributed by atoms with van der Waals surface area (Å²) >= 11 is 0. The molecule has 0 aliphatic heterocycles. The third-order valence-corrected chi connectivity index (χ3v) is 2.90. The van der Waals surface area contributed by atoms with E-state index in [1.807, 2.05) is 0 Å². The van der Waals surface area contributed by atoms with Gasteiger partial charge in [-0.2, -0.15) is 0 Å². The Morgan fingerprint density at radius 1 is 1.28 bits per heavy atom. The van der Waals surface area contributed by atoms with Crippen molar-refractivity contribution in [1.29, 1.82) is 0 Å².